The summed E-state index contributed by atoms with van der Waals surface area (Å²) in [6.07, 6.45) is 17.2. The Hall–Kier alpha value is -2.66. The summed E-state index contributed by atoms with van der Waals surface area (Å²) >= 11 is 0. The van der Waals surface area contributed by atoms with Crippen molar-refractivity contribution in [1.82, 2.24) is 0 Å². The summed E-state index contributed by atoms with van der Waals surface area (Å²) in [5.74, 6) is 0.420. The van der Waals surface area contributed by atoms with Gasteiger partial charge in [0, 0.05) is 22.6 Å². The first kappa shape index (κ1) is 17.2. The van der Waals surface area contributed by atoms with Gasteiger partial charge in [-0.25, -0.2) is 0 Å². The monoisotopic (exact) mass is 324 g/mol. The zero-order chi connectivity index (χ0) is 17.6. The summed E-state index contributed by atoms with van der Waals surface area (Å²) in [6, 6.07) is 0. The van der Waals surface area contributed by atoms with Crippen molar-refractivity contribution in [2.45, 2.75) is 46.5 Å². The third-order valence-electron chi connectivity index (χ3n) is 4.88. The van der Waals surface area contributed by atoms with Crippen molar-refractivity contribution in [2.24, 2.45) is 5.92 Å². The minimum absolute atomic E-state index is 0.420. The average molecular weight is 324 g/mol. The molecule has 0 aromatic heterocycles. The average Bonchev–Trinajstić information content (AvgIpc) is 2.66. The molecule has 0 radical (unpaired) electrons. The number of fused-ring (bicyclic) bond motifs is 2. The molecule has 0 fully saturated rings. The molecule has 0 saturated carbocycles. The summed E-state index contributed by atoms with van der Waals surface area (Å²) in [5.41, 5.74) is 24.0. The van der Waals surface area contributed by atoms with Crippen LogP contribution in [-0.4, -0.2) is 0 Å². The van der Waals surface area contributed by atoms with Gasteiger partial charge in [-0.2, -0.15) is 0 Å². The summed E-state index contributed by atoms with van der Waals surface area (Å²) in [7, 11) is 0. The highest BCUT2D eigenvalue weighted by molar-refractivity contribution is 5.70. The fourth-order valence-corrected chi connectivity index (χ4v) is 3.78. The maximum absolute atomic E-state index is 3.54. The predicted molar refractivity (Wildman–Crippen MR) is 105 cm³/mol. The van der Waals surface area contributed by atoms with E-state index in [4.69, 9.17) is 0 Å². The molecule has 0 heteroatoms. The summed E-state index contributed by atoms with van der Waals surface area (Å²) in [6.45, 7) is 6.24. The van der Waals surface area contributed by atoms with Gasteiger partial charge in [0.05, 0.1) is 0 Å². The highest BCUT2D eigenvalue weighted by atomic mass is 14.4. The Morgan fingerprint density at radius 3 is 2.92 bits per heavy atom. The number of hydrogen-bond acceptors (Lipinski definition) is 0. The molecule has 0 aliphatic heterocycles. The Labute approximate surface area is 151 Å². The molecule has 124 valence electrons. The fourth-order valence-electron chi connectivity index (χ4n) is 3.78. The molecule has 25 heavy (non-hydrogen) atoms. The second-order valence-corrected chi connectivity index (χ2v) is 6.44. The molecule has 0 aromatic rings. The van der Waals surface area contributed by atoms with E-state index >= 15 is 0 Å². The maximum Gasteiger partial charge on any atom is 0.0413 e. The third kappa shape index (κ3) is 3.42. The Morgan fingerprint density at radius 2 is 2.12 bits per heavy atom. The van der Waals surface area contributed by atoms with E-state index in [-0.39, 0.29) is 0 Å². The van der Waals surface area contributed by atoms with Gasteiger partial charge in [-0.1, -0.05) is 30.5 Å². The van der Waals surface area contributed by atoms with Crippen LogP contribution in [0.15, 0.2) is 98.6 Å². The third-order valence-corrected chi connectivity index (χ3v) is 4.88. The number of hydrogen-bond donors (Lipinski definition) is 0. The second-order valence-electron chi connectivity index (χ2n) is 6.44. The van der Waals surface area contributed by atoms with Crippen LogP contribution in [0.4, 0.5) is 0 Å². The smallest absolute Gasteiger partial charge is 0.0413 e. The van der Waals surface area contributed by atoms with Crippen molar-refractivity contribution >= 4 is 0 Å². The van der Waals surface area contributed by atoms with E-state index < -0.39 is 0 Å². The zero-order valence-corrected chi connectivity index (χ0v) is 15.4. The lowest BCUT2D eigenvalue weighted by molar-refractivity contribution is 0.703. The van der Waals surface area contributed by atoms with Gasteiger partial charge in [0.15, 0.2) is 0 Å². The van der Waals surface area contributed by atoms with Crippen LogP contribution in [0.5, 0.6) is 0 Å². The largest absolute Gasteiger partial charge is 0.124 e. The first-order chi connectivity index (χ1) is 12.3. The molecular weight excluding hydrogens is 300 g/mol. The SMILES string of the molecule is CC=C=C=C=C(C=C=CC)C1=C2CCCC=C2C(C)C2=C=CCC=C21. The van der Waals surface area contributed by atoms with Gasteiger partial charge >= 0.3 is 0 Å². The van der Waals surface area contributed by atoms with E-state index in [9.17, 15) is 0 Å². The van der Waals surface area contributed by atoms with Crippen LogP contribution in [0, 0.1) is 5.92 Å². The van der Waals surface area contributed by atoms with E-state index in [1.54, 1.807) is 0 Å². The minimum Gasteiger partial charge on any atom is -0.124 e. The van der Waals surface area contributed by atoms with Crippen LogP contribution in [0.2, 0.25) is 0 Å². The lowest BCUT2D eigenvalue weighted by atomic mass is 9.68. The van der Waals surface area contributed by atoms with Crippen molar-refractivity contribution < 1.29 is 0 Å². The number of rotatable bonds is 2. The highest BCUT2D eigenvalue weighted by Gasteiger charge is 2.33. The Kier molecular flexibility index (Phi) is 5.46. The van der Waals surface area contributed by atoms with Crippen molar-refractivity contribution in [3.63, 3.8) is 0 Å². The van der Waals surface area contributed by atoms with Crippen molar-refractivity contribution in [1.29, 1.82) is 0 Å². The lowest BCUT2D eigenvalue weighted by Crippen LogP contribution is -2.20. The van der Waals surface area contributed by atoms with Gasteiger partial charge in [0.25, 0.3) is 0 Å². The van der Waals surface area contributed by atoms with Gasteiger partial charge in [-0.15, -0.1) is 11.5 Å². The van der Waals surface area contributed by atoms with Crippen LogP contribution < -0.4 is 0 Å². The summed E-state index contributed by atoms with van der Waals surface area (Å²) in [5, 5.41) is 0. The van der Waals surface area contributed by atoms with E-state index in [2.05, 4.69) is 53.8 Å². The van der Waals surface area contributed by atoms with E-state index in [1.807, 2.05) is 32.1 Å². The van der Waals surface area contributed by atoms with Gasteiger partial charge in [-0.05, 0) is 86.3 Å². The predicted octanol–water partition coefficient (Wildman–Crippen LogP) is 6.60. The first-order valence-electron chi connectivity index (χ1n) is 9.16. The van der Waals surface area contributed by atoms with E-state index in [1.165, 1.54) is 40.7 Å². The molecule has 0 spiro atoms. The van der Waals surface area contributed by atoms with Gasteiger partial charge < -0.3 is 0 Å². The van der Waals surface area contributed by atoms with E-state index in [0.717, 1.165) is 18.4 Å². The molecule has 0 heterocycles. The van der Waals surface area contributed by atoms with Crippen LogP contribution >= 0.6 is 0 Å². The fraction of sp³-hybridized carbons (Fsp3) is 0.320. The second kappa shape index (κ2) is 7.94. The molecule has 1 atom stereocenters. The Bertz CT molecular complexity index is 936. The van der Waals surface area contributed by atoms with Gasteiger partial charge in [-0.3, -0.25) is 0 Å². The van der Waals surface area contributed by atoms with Crippen molar-refractivity contribution in [2.75, 3.05) is 0 Å². The van der Waals surface area contributed by atoms with Gasteiger partial charge in [0.1, 0.15) is 0 Å². The highest BCUT2D eigenvalue weighted by Crippen LogP contribution is 2.48. The van der Waals surface area contributed by atoms with Crippen LogP contribution in [0.3, 0.4) is 0 Å². The Balaban J connectivity index is 2.37. The molecule has 3 aliphatic rings. The summed E-state index contributed by atoms with van der Waals surface area (Å²) < 4.78 is 0. The molecule has 0 bridgehead atoms. The van der Waals surface area contributed by atoms with Gasteiger partial charge in [0.2, 0.25) is 0 Å². The standard InChI is InChI=1S/C25H24/c1-4-6-8-14-20(13-7-5-2)25-23-17-11-9-15-21(23)19(3)22-16-10-12-18-24(22)25/h4-5,9,13,16-17,19H,10-12,18H2,1-3H3. The lowest BCUT2D eigenvalue weighted by Gasteiger charge is -2.35. The molecule has 0 saturated heterocycles. The molecule has 0 nitrogen and oxygen atoms in total. The maximum atomic E-state index is 3.54. The quantitative estimate of drug-likeness (QED) is 0.396. The molecule has 0 N–H and O–H groups in total. The molecule has 1 unspecified atom stereocenters. The van der Waals surface area contributed by atoms with Crippen LogP contribution in [0.25, 0.3) is 0 Å². The Morgan fingerprint density at radius 1 is 1.24 bits per heavy atom. The molecule has 3 aliphatic carbocycles. The number of allylic oxidation sites excluding steroid dienone is 10. The normalized spacial score (nSPS) is 20.3. The zero-order valence-electron chi connectivity index (χ0n) is 15.4. The molecule has 0 aromatic carbocycles. The first-order valence-corrected chi connectivity index (χ1v) is 9.16. The van der Waals surface area contributed by atoms with E-state index in [0.29, 0.717) is 5.92 Å². The molecule has 3 rings (SSSR count). The molecular formula is C25H24. The van der Waals surface area contributed by atoms with Crippen LogP contribution in [0.1, 0.15) is 46.5 Å². The topological polar surface area (TPSA) is 0 Å². The minimum atomic E-state index is 0.420. The summed E-state index contributed by atoms with van der Waals surface area (Å²) in [4.78, 5) is 0. The van der Waals surface area contributed by atoms with Crippen molar-refractivity contribution in [3.05, 3.63) is 98.6 Å². The molecule has 0 amide bonds. The van der Waals surface area contributed by atoms with Crippen molar-refractivity contribution in [3.8, 4) is 0 Å². The van der Waals surface area contributed by atoms with Crippen LogP contribution in [-0.2, 0) is 0 Å².